The molecule has 3 heteroatoms. The second-order valence-corrected chi connectivity index (χ2v) is 5.90. The Bertz CT molecular complexity index is 398. The van der Waals surface area contributed by atoms with Crippen molar-refractivity contribution in [3.05, 3.63) is 34.9 Å². The molecule has 0 radical (unpaired) electrons. The van der Waals surface area contributed by atoms with Gasteiger partial charge in [0.1, 0.15) is 0 Å². The van der Waals surface area contributed by atoms with Crippen LogP contribution in [0.2, 0.25) is 5.02 Å². The standard InChI is InChI=1S/C16H24ClNO/c1-3-18-14(12-16(19-2)9-6-10-16)11-13-7-4-5-8-15(13)17/h4-5,7-8,14,18H,3,6,9-12H2,1-2H3. The highest BCUT2D eigenvalue weighted by atomic mass is 35.5. The van der Waals surface area contributed by atoms with Crippen LogP contribution < -0.4 is 5.32 Å². The van der Waals surface area contributed by atoms with Crippen molar-refractivity contribution >= 4 is 11.6 Å². The fourth-order valence-corrected chi connectivity index (χ4v) is 3.16. The molecule has 0 bridgehead atoms. The van der Waals surface area contributed by atoms with Gasteiger partial charge in [-0.2, -0.15) is 0 Å². The Kier molecular flexibility index (Phi) is 5.26. The van der Waals surface area contributed by atoms with E-state index < -0.39 is 0 Å². The van der Waals surface area contributed by atoms with Crippen LogP contribution in [0, 0.1) is 0 Å². The van der Waals surface area contributed by atoms with E-state index in [-0.39, 0.29) is 5.60 Å². The zero-order chi connectivity index (χ0) is 13.7. The van der Waals surface area contributed by atoms with Gasteiger partial charge in [-0.05, 0) is 50.3 Å². The van der Waals surface area contributed by atoms with E-state index in [1.54, 1.807) is 0 Å². The molecule has 0 saturated heterocycles. The molecular weight excluding hydrogens is 258 g/mol. The van der Waals surface area contributed by atoms with Crippen LogP contribution in [0.15, 0.2) is 24.3 Å². The molecule has 2 nitrogen and oxygen atoms in total. The predicted octanol–water partition coefficient (Wildman–Crippen LogP) is 3.82. The fraction of sp³-hybridized carbons (Fsp3) is 0.625. The van der Waals surface area contributed by atoms with Gasteiger partial charge in [-0.25, -0.2) is 0 Å². The Morgan fingerprint density at radius 2 is 2.11 bits per heavy atom. The molecule has 0 aromatic heterocycles. The Hall–Kier alpha value is -0.570. The maximum Gasteiger partial charge on any atom is 0.0693 e. The van der Waals surface area contributed by atoms with Crippen LogP contribution in [-0.2, 0) is 11.2 Å². The summed E-state index contributed by atoms with van der Waals surface area (Å²) < 4.78 is 5.75. The summed E-state index contributed by atoms with van der Waals surface area (Å²) in [6.45, 7) is 3.13. The Morgan fingerprint density at radius 3 is 2.63 bits per heavy atom. The van der Waals surface area contributed by atoms with Crippen molar-refractivity contribution in [3.63, 3.8) is 0 Å². The number of likely N-dealkylation sites (N-methyl/N-ethyl adjacent to an activating group) is 1. The summed E-state index contributed by atoms with van der Waals surface area (Å²) >= 11 is 6.26. The first kappa shape index (κ1) is 14.8. The molecule has 106 valence electrons. The number of benzene rings is 1. The van der Waals surface area contributed by atoms with Gasteiger partial charge in [-0.1, -0.05) is 36.7 Å². The Morgan fingerprint density at radius 1 is 1.37 bits per heavy atom. The first-order valence-corrected chi connectivity index (χ1v) is 7.59. The third-order valence-electron chi connectivity index (χ3n) is 4.23. The van der Waals surface area contributed by atoms with Gasteiger partial charge in [-0.3, -0.25) is 0 Å². The lowest BCUT2D eigenvalue weighted by Gasteiger charge is -2.43. The van der Waals surface area contributed by atoms with Crippen LogP contribution in [0.4, 0.5) is 0 Å². The molecule has 0 amide bonds. The Balaban J connectivity index is 2.02. The number of methoxy groups -OCH3 is 1. The van der Waals surface area contributed by atoms with Crippen molar-refractivity contribution in [1.82, 2.24) is 5.32 Å². The minimum Gasteiger partial charge on any atom is -0.378 e. The largest absolute Gasteiger partial charge is 0.378 e. The number of ether oxygens (including phenoxy) is 1. The zero-order valence-electron chi connectivity index (χ0n) is 11.9. The molecule has 1 fully saturated rings. The van der Waals surface area contributed by atoms with Crippen LogP contribution >= 0.6 is 11.6 Å². The van der Waals surface area contributed by atoms with Gasteiger partial charge in [0, 0.05) is 18.2 Å². The van der Waals surface area contributed by atoms with Crippen molar-refractivity contribution in [3.8, 4) is 0 Å². The summed E-state index contributed by atoms with van der Waals surface area (Å²) in [5, 5.41) is 4.44. The van der Waals surface area contributed by atoms with E-state index in [9.17, 15) is 0 Å². The van der Waals surface area contributed by atoms with Crippen molar-refractivity contribution in [2.75, 3.05) is 13.7 Å². The lowest BCUT2D eigenvalue weighted by Crippen LogP contribution is -2.46. The second kappa shape index (κ2) is 6.74. The first-order chi connectivity index (χ1) is 9.19. The molecule has 0 aliphatic heterocycles. The van der Waals surface area contributed by atoms with Crippen molar-refractivity contribution in [1.29, 1.82) is 0 Å². The lowest BCUT2D eigenvalue weighted by atomic mass is 9.75. The van der Waals surface area contributed by atoms with Crippen molar-refractivity contribution < 1.29 is 4.74 Å². The molecule has 1 aliphatic rings. The number of nitrogens with one attached hydrogen (secondary N) is 1. The smallest absolute Gasteiger partial charge is 0.0693 e. The van der Waals surface area contributed by atoms with Gasteiger partial charge in [-0.15, -0.1) is 0 Å². The summed E-state index contributed by atoms with van der Waals surface area (Å²) in [6, 6.07) is 8.56. The highest BCUT2D eigenvalue weighted by Crippen LogP contribution is 2.39. The van der Waals surface area contributed by atoms with E-state index in [0.717, 1.165) is 24.4 Å². The molecule has 1 aliphatic carbocycles. The molecule has 1 unspecified atom stereocenters. The zero-order valence-corrected chi connectivity index (χ0v) is 12.7. The topological polar surface area (TPSA) is 21.3 Å². The third-order valence-corrected chi connectivity index (χ3v) is 4.60. The summed E-state index contributed by atoms with van der Waals surface area (Å²) in [7, 11) is 1.84. The highest BCUT2D eigenvalue weighted by Gasteiger charge is 2.38. The normalized spacial score (nSPS) is 18.9. The lowest BCUT2D eigenvalue weighted by molar-refractivity contribution is -0.0833. The van der Waals surface area contributed by atoms with Crippen molar-refractivity contribution in [2.45, 2.75) is 50.7 Å². The Labute approximate surface area is 121 Å². The summed E-state index contributed by atoms with van der Waals surface area (Å²) in [5.41, 5.74) is 1.33. The molecule has 1 atom stereocenters. The van der Waals surface area contributed by atoms with Crippen LogP contribution in [0.25, 0.3) is 0 Å². The van der Waals surface area contributed by atoms with Gasteiger partial charge >= 0.3 is 0 Å². The SMILES string of the molecule is CCNC(Cc1ccccc1Cl)CC1(OC)CCC1. The van der Waals surface area contributed by atoms with Crippen LogP contribution in [0.3, 0.4) is 0 Å². The van der Waals surface area contributed by atoms with E-state index in [2.05, 4.69) is 24.4 Å². The van der Waals surface area contributed by atoms with Crippen LogP contribution in [0.5, 0.6) is 0 Å². The van der Waals surface area contributed by atoms with Gasteiger partial charge < -0.3 is 10.1 Å². The van der Waals surface area contributed by atoms with E-state index in [1.165, 1.54) is 24.8 Å². The maximum atomic E-state index is 6.26. The monoisotopic (exact) mass is 281 g/mol. The maximum absolute atomic E-state index is 6.26. The molecule has 1 aromatic carbocycles. The van der Waals surface area contributed by atoms with Crippen LogP contribution in [-0.4, -0.2) is 25.3 Å². The van der Waals surface area contributed by atoms with Gasteiger partial charge in [0.15, 0.2) is 0 Å². The number of hydrogen-bond donors (Lipinski definition) is 1. The molecular formula is C16H24ClNO. The van der Waals surface area contributed by atoms with Crippen molar-refractivity contribution in [2.24, 2.45) is 0 Å². The summed E-state index contributed by atoms with van der Waals surface area (Å²) in [6.07, 6.45) is 5.71. The molecule has 1 saturated carbocycles. The second-order valence-electron chi connectivity index (χ2n) is 5.49. The molecule has 1 aromatic rings. The van der Waals surface area contributed by atoms with Gasteiger partial charge in [0.2, 0.25) is 0 Å². The number of rotatable bonds is 7. The molecule has 2 rings (SSSR count). The summed E-state index contributed by atoms with van der Waals surface area (Å²) in [4.78, 5) is 0. The number of hydrogen-bond acceptors (Lipinski definition) is 2. The average molecular weight is 282 g/mol. The first-order valence-electron chi connectivity index (χ1n) is 7.21. The molecule has 0 spiro atoms. The van der Waals surface area contributed by atoms with E-state index in [1.807, 2.05) is 19.2 Å². The minimum absolute atomic E-state index is 0.105. The van der Waals surface area contributed by atoms with E-state index in [4.69, 9.17) is 16.3 Å². The molecule has 1 N–H and O–H groups in total. The number of halogens is 1. The minimum atomic E-state index is 0.105. The average Bonchev–Trinajstić information content (AvgIpc) is 2.36. The summed E-state index contributed by atoms with van der Waals surface area (Å²) in [5.74, 6) is 0. The van der Waals surface area contributed by atoms with Crippen LogP contribution in [0.1, 0.15) is 38.2 Å². The highest BCUT2D eigenvalue weighted by molar-refractivity contribution is 6.31. The fourth-order valence-electron chi connectivity index (χ4n) is 2.95. The van der Waals surface area contributed by atoms with Gasteiger partial charge in [0.25, 0.3) is 0 Å². The predicted molar refractivity (Wildman–Crippen MR) is 80.8 cm³/mol. The molecule has 0 heterocycles. The third kappa shape index (κ3) is 3.71. The molecule has 19 heavy (non-hydrogen) atoms. The quantitative estimate of drug-likeness (QED) is 0.820. The van der Waals surface area contributed by atoms with E-state index in [0.29, 0.717) is 6.04 Å². The van der Waals surface area contributed by atoms with E-state index >= 15 is 0 Å². The van der Waals surface area contributed by atoms with Gasteiger partial charge in [0.05, 0.1) is 5.60 Å².